The molecule has 0 saturated heterocycles. The van der Waals surface area contributed by atoms with Crippen LogP contribution >= 0.6 is 0 Å². The van der Waals surface area contributed by atoms with Gasteiger partial charge in [-0.25, -0.2) is 4.79 Å². The van der Waals surface area contributed by atoms with Gasteiger partial charge in [-0.2, -0.15) is 0 Å². The Balaban J connectivity index is 2.82. The third kappa shape index (κ3) is 1.81. The molecular formula is C12H12N2O4. The summed E-state index contributed by atoms with van der Waals surface area (Å²) in [5.74, 6) is 0. The summed E-state index contributed by atoms with van der Waals surface area (Å²) in [5.41, 5.74) is 0.130. The Kier molecular flexibility index (Phi) is 2.78. The van der Waals surface area contributed by atoms with Gasteiger partial charge in [-0.1, -0.05) is 0 Å². The Labute approximate surface area is 103 Å². The first-order chi connectivity index (χ1) is 8.41. The van der Waals surface area contributed by atoms with Gasteiger partial charge in [-0.3, -0.25) is 10.1 Å². The van der Waals surface area contributed by atoms with E-state index in [2.05, 4.69) is 0 Å². The van der Waals surface area contributed by atoms with E-state index < -0.39 is 16.2 Å². The summed E-state index contributed by atoms with van der Waals surface area (Å²) in [5, 5.41) is 11.4. The zero-order chi connectivity index (χ0) is 13.4. The molecule has 0 spiro atoms. The average molecular weight is 248 g/mol. The molecule has 0 aliphatic heterocycles. The fraction of sp³-hybridized carbons (Fsp3) is 0.250. The number of hydrogen-bond donors (Lipinski definition) is 0. The van der Waals surface area contributed by atoms with Crippen LogP contribution in [0.5, 0.6) is 0 Å². The second-order valence-electron chi connectivity index (χ2n) is 4.20. The third-order valence-electron chi connectivity index (χ3n) is 2.82. The molecule has 94 valence electrons. The molecule has 0 atom stereocenters. The number of anilines is 1. The van der Waals surface area contributed by atoms with E-state index in [0.717, 1.165) is 5.69 Å². The highest BCUT2D eigenvalue weighted by atomic mass is 16.6. The predicted octanol–water partition coefficient (Wildman–Crippen LogP) is 2.08. The fourth-order valence-corrected chi connectivity index (χ4v) is 1.82. The second kappa shape index (κ2) is 4.14. The van der Waals surface area contributed by atoms with Gasteiger partial charge in [0.25, 0.3) is 0 Å². The second-order valence-corrected chi connectivity index (χ2v) is 4.20. The molecule has 0 amide bonds. The summed E-state index contributed by atoms with van der Waals surface area (Å²) in [6.07, 6.45) is 0. The SMILES string of the molecule is Cc1c([N+](=O)[O-])c(=O)oc2cc(N(C)C)ccc12. The average Bonchev–Trinajstić information content (AvgIpc) is 2.27. The molecule has 1 aromatic heterocycles. The summed E-state index contributed by atoms with van der Waals surface area (Å²) in [7, 11) is 3.72. The van der Waals surface area contributed by atoms with E-state index in [1.807, 2.05) is 25.1 Å². The van der Waals surface area contributed by atoms with E-state index in [9.17, 15) is 14.9 Å². The fourth-order valence-electron chi connectivity index (χ4n) is 1.82. The molecule has 6 nitrogen and oxygen atoms in total. The van der Waals surface area contributed by atoms with Crippen LogP contribution in [0.4, 0.5) is 11.4 Å². The molecule has 1 heterocycles. The standard InChI is InChI=1S/C12H12N2O4/c1-7-9-5-4-8(13(2)3)6-10(9)18-12(15)11(7)14(16)17/h4-6H,1-3H3. The minimum Gasteiger partial charge on any atom is -0.418 e. The van der Waals surface area contributed by atoms with Gasteiger partial charge in [0.15, 0.2) is 0 Å². The lowest BCUT2D eigenvalue weighted by molar-refractivity contribution is -0.387. The van der Waals surface area contributed by atoms with Gasteiger partial charge in [0.1, 0.15) is 5.58 Å². The Morgan fingerprint density at radius 1 is 1.33 bits per heavy atom. The minimum atomic E-state index is -0.916. The predicted molar refractivity (Wildman–Crippen MR) is 68.2 cm³/mol. The minimum absolute atomic E-state index is 0.330. The molecule has 2 aromatic rings. The van der Waals surface area contributed by atoms with Crippen molar-refractivity contribution in [2.75, 3.05) is 19.0 Å². The molecule has 0 saturated carbocycles. The van der Waals surface area contributed by atoms with Crippen LogP contribution in [0.3, 0.4) is 0 Å². The van der Waals surface area contributed by atoms with E-state index >= 15 is 0 Å². The van der Waals surface area contributed by atoms with Crippen molar-refractivity contribution in [2.45, 2.75) is 6.92 Å². The number of hydrogen-bond acceptors (Lipinski definition) is 5. The Morgan fingerprint density at radius 2 is 2.00 bits per heavy atom. The Hall–Kier alpha value is -2.37. The van der Waals surface area contributed by atoms with Crippen LogP contribution in [0.1, 0.15) is 5.56 Å². The molecule has 0 aliphatic carbocycles. The summed E-state index contributed by atoms with van der Waals surface area (Å²) < 4.78 is 5.00. The van der Waals surface area contributed by atoms with Crippen molar-refractivity contribution in [3.05, 3.63) is 44.3 Å². The number of aryl methyl sites for hydroxylation is 1. The van der Waals surface area contributed by atoms with Crippen molar-refractivity contribution in [3.8, 4) is 0 Å². The molecule has 0 N–H and O–H groups in total. The van der Waals surface area contributed by atoms with Crippen molar-refractivity contribution in [1.29, 1.82) is 0 Å². The number of benzene rings is 1. The highest BCUT2D eigenvalue weighted by Gasteiger charge is 2.21. The number of nitro groups is 1. The molecule has 18 heavy (non-hydrogen) atoms. The van der Waals surface area contributed by atoms with Crippen molar-refractivity contribution < 1.29 is 9.34 Å². The zero-order valence-corrected chi connectivity index (χ0v) is 10.3. The van der Waals surface area contributed by atoms with Crippen LogP contribution in [0.15, 0.2) is 27.4 Å². The summed E-state index contributed by atoms with van der Waals surface area (Å²) >= 11 is 0. The highest BCUT2D eigenvalue weighted by Crippen LogP contribution is 2.26. The topological polar surface area (TPSA) is 76.6 Å². The third-order valence-corrected chi connectivity index (χ3v) is 2.82. The van der Waals surface area contributed by atoms with Crippen molar-refractivity contribution in [3.63, 3.8) is 0 Å². The van der Waals surface area contributed by atoms with Crippen LogP contribution in [0.2, 0.25) is 0 Å². The van der Waals surface area contributed by atoms with Crippen LogP contribution in [0, 0.1) is 17.0 Å². The van der Waals surface area contributed by atoms with E-state index in [1.165, 1.54) is 0 Å². The molecule has 0 fully saturated rings. The summed E-state index contributed by atoms with van der Waals surface area (Å²) in [6.45, 7) is 1.55. The highest BCUT2D eigenvalue weighted by molar-refractivity contribution is 5.85. The maximum atomic E-state index is 11.6. The number of fused-ring (bicyclic) bond motifs is 1. The van der Waals surface area contributed by atoms with E-state index in [1.54, 1.807) is 19.1 Å². The lowest BCUT2D eigenvalue weighted by Crippen LogP contribution is -2.11. The summed E-state index contributed by atoms with van der Waals surface area (Å²) in [4.78, 5) is 23.5. The zero-order valence-electron chi connectivity index (χ0n) is 10.3. The maximum absolute atomic E-state index is 11.6. The van der Waals surface area contributed by atoms with Gasteiger partial charge in [-0.05, 0) is 19.1 Å². The van der Waals surface area contributed by atoms with Crippen LogP contribution in [-0.2, 0) is 0 Å². The van der Waals surface area contributed by atoms with Gasteiger partial charge in [-0.15, -0.1) is 0 Å². The lowest BCUT2D eigenvalue weighted by atomic mass is 10.1. The molecule has 1 aromatic carbocycles. The van der Waals surface area contributed by atoms with E-state index in [4.69, 9.17) is 4.42 Å². The van der Waals surface area contributed by atoms with E-state index in [-0.39, 0.29) is 0 Å². The van der Waals surface area contributed by atoms with Crippen molar-refractivity contribution in [2.24, 2.45) is 0 Å². The van der Waals surface area contributed by atoms with Gasteiger partial charge in [0, 0.05) is 36.8 Å². The molecular weight excluding hydrogens is 236 g/mol. The number of rotatable bonds is 2. The molecule has 0 unspecified atom stereocenters. The smallest absolute Gasteiger partial charge is 0.415 e. The van der Waals surface area contributed by atoms with Gasteiger partial charge in [0.2, 0.25) is 0 Å². The monoisotopic (exact) mass is 248 g/mol. The van der Waals surface area contributed by atoms with Crippen molar-refractivity contribution >= 4 is 22.3 Å². The van der Waals surface area contributed by atoms with Crippen LogP contribution in [-0.4, -0.2) is 19.0 Å². The molecule has 0 aliphatic rings. The van der Waals surface area contributed by atoms with Crippen molar-refractivity contribution in [1.82, 2.24) is 0 Å². The molecule has 2 rings (SSSR count). The van der Waals surface area contributed by atoms with Gasteiger partial charge in [0.05, 0.1) is 4.92 Å². The quantitative estimate of drug-likeness (QED) is 0.462. The Morgan fingerprint density at radius 3 is 2.56 bits per heavy atom. The molecule has 6 heteroatoms. The first kappa shape index (κ1) is 12.1. The van der Waals surface area contributed by atoms with Crippen LogP contribution < -0.4 is 10.5 Å². The lowest BCUT2D eigenvalue weighted by Gasteiger charge is -2.12. The van der Waals surface area contributed by atoms with E-state index in [0.29, 0.717) is 16.5 Å². The van der Waals surface area contributed by atoms with Crippen LogP contribution in [0.25, 0.3) is 11.0 Å². The number of nitrogens with zero attached hydrogens (tertiary/aromatic N) is 2. The normalized spacial score (nSPS) is 10.6. The molecule has 0 bridgehead atoms. The maximum Gasteiger partial charge on any atom is 0.415 e. The summed E-state index contributed by atoms with van der Waals surface area (Å²) in [6, 6.07) is 5.22. The molecule has 0 radical (unpaired) electrons. The van der Waals surface area contributed by atoms with Gasteiger partial charge < -0.3 is 9.32 Å². The first-order valence-corrected chi connectivity index (χ1v) is 5.31. The first-order valence-electron chi connectivity index (χ1n) is 5.31. The van der Waals surface area contributed by atoms with Gasteiger partial charge >= 0.3 is 11.3 Å². The largest absolute Gasteiger partial charge is 0.418 e. The Bertz CT molecular complexity index is 688.